The van der Waals surface area contributed by atoms with Crippen LogP contribution >= 0.6 is 24.0 Å². The summed E-state index contributed by atoms with van der Waals surface area (Å²) in [4.78, 5) is 18.3. The molecule has 0 spiro atoms. The zero-order valence-electron chi connectivity index (χ0n) is 17.6. The van der Waals surface area contributed by atoms with Crippen LogP contribution in [0.25, 0.3) is 0 Å². The van der Waals surface area contributed by atoms with E-state index in [9.17, 15) is 4.79 Å². The van der Waals surface area contributed by atoms with Crippen LogP contribution in [-0.2, 0) is 11.3 Å². The first-order valence-corrected chi connectivity index (χ1v) is 10.1. The molecule has 0 saturated carbocycles. The van der Waals surface area contributed by atoms with E-state index in [4.69, 9.17) is 9.73 Å². The summed E-state index contributed by atoms with van der Waals surface area (Å²) in [6.07, 6.45) is 2.75. The van der Waals surface area contributed by atoms with Crippen LogP contribution in [0.15, 0.2) is 23.2 Å². The van der Waals surface area contributed by atoms with Crippen LogP contribution in [0.1, 0.15) is 51.2 Å². The number of ether oxygens (including phenoxy) is 1. The molecule has 0 aliphatic carbocycles. The minimum atomic E-state index is 0. The van der Waals surface area contributed by atoms with Crippen LogP contribution in [0, 0.1) is 6.92 Å². The molecule has 1 aromatic carbocycles. The third kappa shape index (κ3) is 8.24. The zero-order chi connectivity index (χ0) is 19.6. The molecule has 1 heterocycles. The highest BCUT2D eigenvalue weighted by Crippen LogP contribution is 2.22. The molecule has 158 valence electrons. The zero-order valence-corrected chi connectivity index (χ0v) is 19.9. The number of nitrogens with one attached hydrogen (secondary N) is 2. The third-order valence-electron chi connectivity index (χ3n) is 4.41. The number of guanidine groups is 1. The first-order valence-electron chi connectivity index (χ1n) is 10.1. The predicted octanol–water partition coefficient (Wildman–Crippen LogP) is 3.47. The fourth-order valence-electron chi connectivity index (χ4n) is 3.08. The molecule has 6 nitrogen and oxygen atoms in total. The third-order valence-corrected chi connectivity index (χ3v) is 4.41. The van der Waals surface area contributed by atoms with Gasteiger partial charge in [-0.15, -0.1) is 24.0 Å². The largest absolute Gasteiger partial charge is 0.491 e. The molecule has 0 bridgehead atoms. The van der Waals surface area contributed by atoms with Gasteiger partial charge in [0, 0.05) is 38.2 Å². The van der Waals surface area contributed by atoms with E-state index in [0.29, 0.717) is 13.0 Å². The van der Waals surface area contributed by atoms with Crippen molar-refractivity contribution in [1.29, 1.82) is 0 Å². The molecule has 1 fully saturated rings. The van der Waals surface area contributed by atoms with Crippen molar-refractivity contribution in [2.24, 2.45) is 4.99 Å². The summed E-state index contributed by atoms with van der Waals surface area (Å²) in [5.74, 6) is 1.98. The number of nitrogens with zero attached hydrogens (tertiary/aromatic N) is 2. The number of hydrogen-bond acceptors (Lipinski definition) is 3. The van der Waals surface area contributed by atoms with Gasteiger partial charge >= 0.3 is 0 Å². The summed E-state index contributed by atoms with van der Waals surface area (Å²) in [5.41, 5.74) is 2.26. The number of hydrogen-bond donors (Lipinski definition) is 2. The molecule has 0 atom stereocenters. The van der Waals surface area contributed by atoms with Crippen molar-refractivity contribution >= 4 is 35.8 Å². The molecule has 2 rings (SSSR count). The predicted molar refractivity (Wildman–Crippen MR) is 126 cm³/mol. The van der Waals surface area contributed by atoms with Gasteiger partial charge in [0.1, 0.15) is 5.75 Å². The summed E-state index contributed by atoms with van der Waals surface area (Å²) in [5, 5.41) is 6.64. The number of aryl methyl sites for hydroxylation is 1. The van der Waals surface area contributed by atoms with Gasteiger partial charge in [-0.1, -0.05) is 12.1 Å². The molecule has 1 aromatic rings. The van der Waals surface area contributed by atoms with Crippen LogP contribution < -0.4 is 15.4 Å². The van der Waals surface area contributed by atoms with Crippen molar-refractivity contribution in [3.63, 3.8) is 0 Å². The number of halogens is 1. The number of amides is 1. The lowest BCUT2D eigenvalue weighted by atomic mass is 10.1. The Kier molecular flexibility index (Phi) is 11.3. The van der Waals surface area contributed by atoms with E-state index in [2.05, 4.69) is 42.7 Å². The van der Waals surface area contributed by atoms with Crippen LogP contribution in [0.4, 0.5) is 0 Å². The second-order valence-electron chi connectivity index (χ2n) is 7.24. The Morgan fingerprint density at radius 1 is 1.32 bits per heavy atom. The van der Waals surface area contributed by atoms with Gasteiger partial charge in [-0.25, -0.2) is 4.99 Å². The average Bonchev–Trinajstić information content (AvgIpc) is 3.02. The van der Waals surface area contributed by atoms with Crippen LogP contribution in [0.5, 0.6) is 5.75 Å². The van der Waals surface area contributed by atoms with Gasteiger partial charge in [0.2, 0.25) is 5.91 Å². The van der Waals surface area contributed by atoms with E-state index in [1.165, 1.54) is 5.56 Å². The second kappa shape index (κ2) is 12.9. The van der Waals surface area contributed by atoms with E-state index in [0.717, 1.165) is 56.3 Å². The normalized spacial score (nSPS) is 14.2. The molecule has 1 saturated heterocycles. The summed E-state index contributed by atoms with van der Waals surface area (Å²) in [7, 11) is 0. The lowest BCUT2D eigenvalue weighted by Gasteiger charge is -2.17. The number of carbonyl (C=O) groups excluding carboxylic acids is 1. The molecule has 28 heavy (non-hydrogen) atoms. The fraction of sp³-hybridized carbons (Fsp3) is 0.619. The maximum Gasteiger partial charge on any atom is 0.222 e. The second-order valence-corrected chi connectivity index (χ2v) is 7.24. The first kappa shape index (κ1) is 24.5. The standard InChI is InChI=1S/C21H34N4O2.HI/c1-5-22-21(23-11-7-13-25-12-6-8-20(25)26)24-15-18-10-9-17(4)14-19(18)27-16(2)3;/h9-10,14,16H,5-8,11-13,15H2,1-4H3,(H2,22,23,24);1H. The van der Waals surface area contributed by atoms with E-state index < -0.39 is 0 Å². The number of likely N-dealkylation sites (tertiary alicyclic amines) is 1. The summed E-state index contributed by atoms with van der Waals surface area (Å²) >= 11 is 0. The number of aliphatic imine (C=N–C) groups is 1. The Bertz CT molecular complexity index is 649. The average molecular weight is 502 g/mol. The molecule has 1 amide bonds. The summed E-state index contributed by atoms with van der Waals surface area (Å²) in [6.45, 7) is 12.1. The number of benzene rings is 1. The van der Waals surface area contributed by atoms with Crippen molar-refractivity contribution in [3.8, 4) is 5.75 Å². The quantitative estimate of drug-likeness (QED) is 0.235. The molecule has 0 radical (unpaired) electrons. The van der Waals surface area contributed by atoms with Crippen molar-refractivity contribution in [2.45, 2.75) is 59.6 Å². The van der Waals surface area contributed by atoms with Gasteiger partial charge < -0.3 is 20.3 Å². The van der Waals surface area contributed by atoms with E-state index in [-0.39, 0.29) is 36.0 Å². The minimum Gasteiger partial charge on any atom is -0.491 e. The number of carbonyl (C=O) groups is 1. The van der Waals surface area contributed by atoms with Crippen molar-refractivity contribution in [3.05, 3.63) is 29.3 Å². The Morgan fingerprint density at radius 3 is 2.75 bits per heavy atom. The number of rotatable bonds is 9. The monoisotopic (exact) mass is 502 g/mol. The van der Waals surface area contributed by atoms with Gasteiger partial charge in [0.05, 0.1) is 12.6 Å². The molecule has 0 unspecified atom stereocenters. The van der Waals surface area contributed by atoms with Crippen molar-refractivity contribution in [1.82, 2.24) is 15.5 Å². The van der Waals surface area contributed by atoms with Crippen molar-refractivity contribution < 1.29 is 9.53 Å². The molecule has 0 aromatic heterocycles. The fourth-order valence-corrected chi connectivity index (χ4v) is 3.08. The first-order chi connectivity index (χ1) is 13.0. The minimum absolute atomic E-state index is 0. The Morgan fingerprint density at radius 2 is 2.11 bits per heavy atom. The molecular weight excluding hydrogens is 467 g/mol. The van der Waals surface area contributed by atoms with E-state index in [1.807, 2.05) is 18.7 Å². The lowest BCUT2D eigenvalue weighted by molar-refractivity contribution is -0.127. The molecule has 7 heteroatoms. The van der Waals surface area contributed by atoms with Crippen LogP contribution in [0.2, 0.25) is 0 Å². The van der Waals surface area contributed by atoms with Gasteiger partial charge in [0.15, 0.2) is 5.96 Å². The summed E-state index contributed by atoms with van der Waals surface area (Å²) < 4.78 is 5.94. The van der Waals surface area contributed by atoms with Gasteiger partial charge in [-0.2, -0.15) is 0 Å². The highest BCUT2D eigenvalue weighted by atomic mass is 127. The highest BCUT2D eigenvalue weighted by molar-refractivity contribution is 14.0. The Balaban J connectivity index is 0.00000392. The van der Waals surface area contributed by atoms with Gasteiger partial charge in [-0.05, 0) is 52.2 Å². The van der Waals surface area contributed by atoms with Gasteiger partial charge in [-0.3, -0.25) is 4.79 Å². The van der Waals surface area contributed by atoms with Crippen molar-refractivity contribution in [2.75, 3.05) is 26.2 Å². The highest BCUT2D eigenvalue weighted by Gasteiger charge is 2.18. The van der Waals surface area contributed by atoms with Crippen LogP contribution in [0.3, 0.4) is 0 Å². The van der Waals surface area contributed by atoms with Gasteiger partial charge in [0.25, 0.3) is 0 Å². The topological polar surface area (TPSA) is 66.0 Å². The molecule has 1 aliphatic heterocycles. The molecule has 1 aliphatic rings. The van der Waals surface area contributed by atoms with E-state index >= 15 is 0 Å². The molecule has 2 N–H and O–H groups in total. The molecular formula is C21H35IN4O2. The van der Waals surface area contributed by atoms with Crippen LogP contribution in [-0.4, -0.2) is 49.0 Å². The SMILES string of the molecule is CCNC(=NCc1ccc(C)cc1OC(C)C)NCCCN1CCCC1=O.I. The lowest BCUT2D eigenvalue weighted by Crippen LogP contribution is -2.39. The smallest absolute Gasteiger partial charge is 0.222 e. The maximum atomic E-state index is 11.7. The Labute approximate surface area is 186 Å². The maximum absolute atomic E-state index is 11.7. The van der Waals surface area contributed by atoms with E-state index in [1.54, 1.807) is 0 Å². The summed E-state index contributed by atoms with van der Waals surface area (Å²) in [6, 6.07) is 6.24. The Hall–Kier alpha value is -1.51.